The van der Waals surface area contributed by atoms with Crippen molar-refractivity contribution in [2.75, 3.05) is 20.3 Å². The highest BCUT2D eigenvalue weighted by atomic mass is 16.5. The lowest BCUT2D eigenvalue weighted by Crippen LogP contribution is -2.22. The van der Waals surface area contributed by atoms with Gasteiger partial charge in [-0.1, -0.05) is 0 Å². The van der Waals surface area contributed by atoms with Gasteiger partial charge in [-0.25, -0.2) is 4.68 Å². The average molecular weight is 263 g/mol. The largest absolute Gasteiger partial charge is 0.383 e. The van der Waals surface area contributed by atoms with Gasteiger partial charge < -0.3 is 10.1 Å². The highest BCUT2D eigenvalue weighted by molar-refractivity contribution is 5.15. The fraction of sp³-hybridized carbons (Fsp3) is 0.923. The molecule has 0 spiro atoms. The van der Waals surface area contributed by atoms with Crippen LogP contribution in [0.5, 0.6) is 0 Å². The Labute approximate surface area is 112 Å². The minimum Gasteiger partial charge on any atom is -0.383 e. The molecule has 1 aromatic rings. The Bertz CT molecular complexity index is 446. The molecule has 4 rings (SSSR count). The van der Waals surface area contributed by atoms with Gasteiger partial charge in [-0.2, -0.15) is 0 Å². The molecule has 0 aromatic carbocycles. The van der Waals surface area contributed by atoms with Gasteiger partial charge in [0.05, 0.1) is 19.2 Å². The molecule has 1 N–H and O–H groups in total. The summed E-state index contributed by atoms with van der Waals surface area (Å²) >= 11 is 0. The maximum Gasteiger partial charge on any atom is 0.165 e. The second-order valence-electron chi connectivity index (χ2n) is 6.19. The molecule has 3 fully saturated rings. The molecule has 1 heterocycles. The molecular formula is C13H21N5O. The predicted octanol–water partition coefficient (Wildman–Crippen LogP) is 0.626. The molecular weight excluding hydrogens is 242 g/mol. The topological polar surface area (TPSA) is 64.9 Å². The Hall–Kier alpha value is -1.01. The van der Waals surface area contributed by atoms with E-state index in [1.54, 1.807) is 7.11 Å². The van der Waals surface area contributed by atoms with Gasteiger partial charge in [0.1, 0.15) is 0 Å². The highest BCUT2D eigenvalue weighted by Crippen LogP contribution is 2.71. The van der Waals surface area contributed by atoms with Crippen molar-refractivity contribution in [1.82, 2.24) is 25.5 Å². The number of aromatic nitrogens is 4. The van der Waals surface area contributed by atoms with E-state index in [4.69, 9.17) is 4.74 Å². The molecule has 0 aliphatic heterocycles. The minimum atomic E-state index is 0.598. The number of tetrazole rings is 1. The molecule has 1 aromatic heterocycles. The maximum atomic E-state index is 5.03. The summed E-state index contributed by atoms with van der Waals surface area (Å²) in [5.74, 6) is 4.65. The van der Waals surface area contributed by atoms with E-state index in [9.17, 15) is 0 Å². The third-order valence-corrected chi connectivity index (χ3v) is 5.30. The second kappa shape index (κ2) is 4.52. The van der Waals surface area contributed by atoms with Crippen LogP contribution in [-0.4, -0.2) is 40.5 Å². The molecule has 6 heteroatoms. The van der Waals surface area contributed by atoms with Crippen LogP contribution in [0, 0.1) is 23.7 Å². The lowest BCUT2D eigenvalue weighted by Gasteiger charge is -2.10. The zero-order valence-electron chi connectivity index (χ0n) is 11.3. The van der Waals surface area contributed by atoms with E-state index in [-0.39, 0.29) is 0 Å². The number of fused-ring (bicyclic) bond motifs is 5. The van der Waals surface area contributed by atoms with Gasteiger partial charge in [0.2, 0.25) is 0 Å². The molecule has 3 saturated carbocycles. The van der Waals surface area contributed by atoms with E-state index < -0.39 is 0 Å². The van der Waals surface area contributed by atoms with Crippen LogP contribution in [0.4, 0.5) is 0 Å². The Morgan fingerprint density at radius 2 is 2.11 bits per heavy atom. The van der Waals surface area contributed by atoms with Gasteiger partial charge in [0.15, 0.2) is 5.82 Å². The number of nitrogens with zero attached hydrogens (tertiary/aromatic N) is 4. The summed E-state index contributed by atoms with van der Waals surface area (Å²) in [4.78, 5) is 0. The van der Waals surface area contributed by atoms with E-state index in [0.29, 0.717) is 6.04 Å². The second-order valence-corrected chi connectivity index (χ2v) is 6.19. The number of nitrogens with one attached hydrogen (secondary N) is 1. The van der Waals surface area contributed by atoms with Gasteiger partial charge in [-0.3, -0.25) is 0 Å². The van der Waals surface area contributed by atoms with Crippen LogP contribution < -0.4 is 5.32 Å². The fourth-order valence-corrected chi connectivity index (χ4v) is 4.54. The third kappa shape index (κ3) is 1.80. The zero-order chi connectivity index (χ0) is 12.8. The van der Waals surface area contributed by atoms with Gasteiger partial charge in [-0.05, 0) is 53.4 Å². The summed E-state index contributed by atoms with van der Waals surface area (Å²) in [5, 5.41) is 15.6. The fourth-order valence-electron chi connectivity index (χ4n) is 4.54. The van der Waals surface area contributed by atoms with E-state index in [1.165, 1.54) is 19.3 Å². The quantitative estimate of drug-likeness (QED) is 0.762. The van der Waals surface area contributed by atoms with Crippen LogP contribution in [0.15, 0.2) is 0 Å². The molecule has 19 heavy (non-hydrogen) atoms. The number of rotatable bonds is 6. The van der Waals surface area contributed by atoms with Crippen LogP contribution in [0.3, 0.4) is 0 Å². The summed E-state index contributed by atoms with van der Waals surface area (Å²) < 4.78 is 7.12. The lowest BCUT2D eigenvalue weighted by molar-refractivity contribution is 0.198. The number of hydrogen-bond donors (Lipinski definition) is 1. The van der Waals surface area contributed by atoms with Gasteiger partial charge in [-0.15, -0.1) is 5.10 Å². The molecule has 3 aliphatic rings. The highest BCUT2D eigenvalue weighted by Gasteiger charge is 2.66. The smallest absolute Gasteiger partial charge is 0.165 e. The average Bonchev–Trinajstić information content (AvgIpc) is 2.84. The van der Waals surface area contributed by atoms with Crippen molar-refractivity contribution in [3.8, 4) is 0 Å². The van der Waals surface area contributed by atoms with Crippen molar-refractivity contribution in [2.45, 2.75) is 31.8 Å². The third-order valence-electron chi connectivity index (χ3n) is 5.30. The molecule has 4 unspecified atom stereocenters. The van der Waals surface area contributed by atoms with Crippen LogP contribution in [0.25, 0.3) is 0 Å². The Morgan fingerprint density at radius 1 is 1.32 bits per heavy atom. The van der Waals surface area contributed by atoms with E-state index in [2.05, 4.69) is 25.5 Å². The predicted molar refractivity (Wildman–Crippen MR) is 68.2 cm³/mol. The summed E-state index contributed by atoms with van der Waals surface area (Å²) in [7, 11) is 1.72. The van der Waals surface area contributed by atoms with Crippen molar-refractivity contribution >= 4 is 0 Å². The molecule has 0 radical (unpaired) electrons. The summed E-state index contributed by atoms with van der Waals surface area (Å²) in [5.41, 5.74) is 0. The van der Waals surface area contributed by atoms with Crippen molar-refractivity contribution in [2.24, 2.45) is 23.7 Å². The van der Waals surface area contributed by atoms with Crippen molar-refractivity contribution in [1.29, 1.82) is 0 Å². The number of hydrogen-bond acceptors (Lipinski definition) is 5. The summed E-state index contributed by atoms with van der Waals surface area (Å²) in [6, 6.07) is 0.598. The van der Waals surface area contributed by atoms with Crippen molar-refractivity contribution < 1.29 is 4.74 Å². The van der Waals surface area contributed by atoms with Crippen molar-refractivity contribution in [3.63, 3.8) is 0 Å². The molecule has 3 aliphatic carbocycles. The molecule has 0 amide bonds. The Balaban J connectivity index is 1.41. The minimum absolute atomic E-state index is 0.598. The standard InChI is InChI=1S/C13H21N5O/c1-19-5-4-14-7-10-15-16-17-18(10)13-11-8-2-3-9(6-8)12(11)13/h8-9,11-14H,2-7H2,1H3. The normalized spacial score (nSPS) is 38.7. The van der Waals surface area contributed by atoms with E-state index in [1.807, 2.05) is 0 Å². The first-order valence-electron chi connectivity index (χ1n) is 7.36. The molecule has 6 nitrogen and oxygen atoms in total. The Morgan fingerprint density at radius 3 is 2.84 bits per heavy atom. The van der Waals surface area contributed by atoms with Gasteiger partial charge in [0.25, 0.3) is 0 Å². The lowest BCUT2D eigenvalue weighted by atomic mass is 10.0. The SMILES string of the molecule is COCCNCc1nnnn1C1C2C3CCC(C3)C21. The molecule has 104 valence electrons. The maximum absolute atomic E-state index is 5.03. The first kappa shape index (κ1) is 11.8. The van der Waals surface area contributed by atoms with Gasteiger partial charge in [0, 0.05) is 13.7 Å². The molecule has 4 atom stereocenters. The van der Waals surface area contributed by atoms with Crippen LogP contribution in [0.2, 0.25) is 0 Å². The van der Waals surface area contributed by atoms with Crippen LogP contribution >= 0.6 is 0 Å². The first-order chi connectivity index (χ1) is 9.40. The zero-order valence-corrected chi connectivity index (χ0v) is 11.3. The van der Waals surface area contributed by atoms with E-state index >= 15 is 0 Å². The number of methoxy groups -OCH3 is 1. The van der Waals surface area contributed by atoms with Crippen LogP contribution in [-0.2, 0) is 11.3 Å². The monoisotopic (exact) mass is 263 g/mol. The first-order valence-corrected chi connectivity index (χ1v) is 7.36. The summed E-state index contributed by atoms with van der Waals surface area (Å²) in [6.07, 6.45) is 4.34. The molecule has 2 bridgehead atoms. The van der Waals surface area contributed by atoms with Crippen molar-refractivity contribution in [3.05, 3.63) is 5.82 Å². The van der Waals surface area contributed by atoms with Gasteiger partial charge >= 0.3 is 0 Å². The number of ether oxygens (including phenoxy) is 1. The summed E-state index contributed by atoms with van der Waals surface area (Å²) in [6.45, 7) is 2.30. The van der Waals surface area contributed by atoms with E-state index in [0.717, 1.165) is 49.2 Å². The Kier molecular flexibility index (Phi) is 2.81. The molecule has 0 saturated heterocycles. The van der Waals surface area contributed by atoms with Crippen LogP contribution in [0.1, 0.15) is 31.1 Å².